The third-order valence-electron chi connectivity index (χ3n) is 3.18. The molecule has 1 aliphatic carbocycles. The fraction of sp³-hybridized carbons (Fsp3) is 0.357. The maximum atomic E-state index is 4.26. The Bertz CT molecular complexity index is 498. The van der Waals surface area contributed by atoms with Crippen LogP contribution in [0, 0.1) is 6.92 Å². The molecule has 0 atom stereocenters. The van der Waals surface area contributed by atoms with Gasteiger partial charge in [0.2, 0.25) is 0 Å². The minimum absolute atomic E-state index is 0.765. The Morgan fingerprint density at radius 3 is 2.94 bits per heavy atom. The second kappa shape index (κ2) is 4.34. The summed E-state index contributed by atoms with van der Waals surface area (Å²) in [6.45, 7) is 3.11. The minimum Gasteiger partial charge on any atom is -0.310 e. The molecular weight excluding hydrogens is 210 g/mol. The molecule has 1 aromatic heterocycles. The van der Waals surface area contributed by atoms with Crippen LogP contribution in [0.4, 0.5) is 0 Å². The first kappa shape index (κ1) is 10.5. The fourth-order valence-corrected chi connectivity index (χ4v) is 2.05. The normalized spacial score (nSPS) is 15.1. The number of nitrogens with zero attached hydrogens (tertiary/aromatic N) is 2. The van der Waals surface area contributed by atoms with Gasteiger partial charge in [-0.15, -0.1) is 0 Å². The van der Waals surface area contributed by atoms with Crippen molar-refractivity contribution in [3.8, 4) is 5.69 Å². The molecule has 3 nitrogen and oxygen atoms in total. The highest BCUT2D eigenvalue weighted by Crippen LogP contribution is 2.20. The summed E-state index contributed by atoms with van der Waals surface area (Å²) in [6.07, 6.45) is 6.46. The number of aryl methyl sites for hydroxylation is 1. The second-order valence-corrected chi connectivity index (χ2v) is 4.73. The lowest BCUT2D eigenvalue weighted by molar-refractivity contribution is 0.687. The standard InChI is InChI=1S/C14H17N3/c1-11-9-12(10-15-13-4-5-13)3-6-14(11)17-8-2-7-16-17/h2-3,6-9,13,15H,4-5,10H2,1H3. The molecule has 1 fully saturated rings. The fourth-order valence-electron chi connectivity index (χ4n) is 2.05. The van der Waals surface area contributed by atoms with Gasteiger partial charge in [-0.2, -0.15) is 5.10 Å². The van der Waals surface area contributed by atoms with Gasteiger partial charge in [0.1, 0.15) is 0 Å². The summed E-state index contributed by atoms with van der Waals surface area (Å²) in [7, 11) is 0. The number of benzene rings is 1. The Balaban J connectivity index is 1.78. The Labute approximate surface area is 101 Å². The van der Waals surface area contributed by atoms with Crippen molar-refractivity contribution < 1.29 is 0 Å². The van der Waals surface area contributed by atoms with Crippen LogP contribution in [0.25, 0.3) is 5.69 Å². The number of hydrogen-bond acceptors (Lipinski definition) is 2. The van der Waals surface area contributed by atoms with Crippen LogP contribution in [-0.4, -0.2) is 15.8 Å². The van der Waals surface area contributed by atoms with Crippen LogP contribution in [0.3, 0.4) is 0 Å². The van der Waals surface area contributed by atoms with Gasteiger partial charge in [-0.05, 0) is 43.0 Å². The molecule has 1 aromatic carbocycles. The molecule has 2 aromatic rings. The zero-order valence-corrected chi connectivity index (χ0v) is 10.1. The first-order chi connectivity index (χ1) is 8.33. The van der Waals surface area contributed by atoms with Gasteiger partial charge >= 0.3 is 0 Å². The summed E-state index contributed by atoms with van der Waals surface area (Å²) >= 11 is 0. The molecule has 88 valence electrons. The van der Waals surface area contributed by atoms with Gasteiger partial charge in [0.05, 0.1) is 5.69 Å². The molecule has 3 rings (SSSR count). The largest absolute Gasteiger partial charge is 0.310 e. The van der Waals surface area contributed by atoms with E-state index in [2.05, 4.69) is 35.5 Å². The lowest BCUT2D eigenvalue weighted by Crippen LogP contribution is -2.15. The van der Waals surface area contributed by atoms with Crippen LogP contribution in [0.2, 0.25) is 0 Å². The highest BCUT2D eigenvalue weighted by Gasteiger charge is 2.19. The lowest BCUT2D eigenvalue weighted by Gasteiger charge is -2.09. The van der Waals surface area contributed by atoms with E-state index in [-0.39, 0.29) is 0 Å². The van der Waals surface area contributed by atoms with E-state index < -0.39 is 0 Å². The third-order valence-corrected chi connectivity index (χ3v) is 3.18. The van der Waals surface area contributed by atoms with E-state index >= 15 is 0 Å². The molecule has 0 radical (unpaired) electrons. The van der Waals surface area contributed by atoms with Crippen LogP contribution < -0.4 is 5.32 Å². The monoisotopic (exact) mass is 227 g/mol. The average molecular weight is 227 g/mol. The zero-order valence-electron chi connectivity index (χ0n) is 10.1. The van der Waals surface area contributed by atoms with Gasteiger partial charge in [-0.1, -0.05) is 12.1 Å². The summed E-state index contributed by atoms with van der Waals surface area (Å²) in [5, 5.41) is 7.79. The number of hydrogen-bond donors (Lipinski definition) is 1. The SMILES string of the molecule is Cc1cc(CNC2CC2)ccc1-n1cccn1. The predicted molar refractivity (Wildman–Crippen MR) is 68.2 cm³/mol. The zero-order chi connectivity index (χ0) is 11.7. The molecular formula is C14H17N3. The van der Waals surface area contributed by atoms with Crippen LogP contribution in [-0.2, 0) is 6.54 Å². The van der Waals surface area contributed by atoms with Gasteiger partial charge in [0.25, 0.3) is 0 Å². The Kier molecular flexibility index (Phi) is 2.69. The van der Waals surface area contributed by atoms with Crippen molar-refractivity contribution in [2.75, 3.05) is 0 Å². The summed E-state index contributed by atoms with van der Waals surface area (Å²) in [5.74, 6) is 0. The highest BCUT2D eigenvalue weighted by atomic mass is 15.3. The molecule has 17 heavy (non-hydrogen) atoms. The van der Waals surface area contributed by atoms with Gasteiger partial charge < -0.3 is 5.32 Å². The van der Waals surface area contributed by atoms with E-state index in [1.807, 2.05) is 23.1 Å². The molecule has 0 bridgehead atoms. The molecule has 0 spiro atoms. The van der Waals surface area contributed by atoms with Crippen molar-refractivity contribution in [1.82, 2.24) is 15.1 Å². The van der Waals surface area contributed by atoms with Crippen LogP contribution in [0.1, 0.15) is 24.0 Å². The van der Waals surface area contributed by atoms with Crippen molar-refractivity contribution >= 4 is 0 Å². The number of aromatic nitrogens is 2. The van der Waals surface area contributed by atoms with E-state index in [4.69, 9.17) is 0 Å². The van der Waals surface area contributed by atoms with E-state index in [1.54, 1.807) is 0 Å². The predicted octanol–water partition coefficient (Wildman–Crippen LogP) is 2.43. The molecule has 1 aliphatic rings. The minimum atomic E-state index is 0.765. The van der Waals surface area contributed by atoms with E-state index in [9.17, 15) is 0 Å². The quantitative estimate of drug-likeness (QED) is 0.869. The van der Waals surface area contributed by atoms with Gasteiger partial charge in [-0.25, -0.2) is 4.68 Å². The second-order valence-electron chi connectivity index (χ2n) is 4.73. The summed E-state index contributed by atoms with van der Waals surface area (Å²) in [5.41, 5.74) is 3.78. The van der Waals surface area contributed by atoms with Gasteiger partial charge in [-0.3, -0.25) is 0 Å². The Hall–Kier alpha value is -1.61. The average Bonchev–Trinajstić information content (AvgIpc) is 3.01. The topological polar surface area (TPSA) is 29.9 Å². The number of nitrogens with one attached hydrogen (secondary N) is 1. The van der Waals surface area contributed by atoms with Gasteiger partial charge in [0, 0.05) is 25.0 Å². The van der Waals surface area contributed by atoms with Gasteiger partial charge in [0.15, 0.2) is 0 Å². The first-order valence-corrected chi connectivity index (χ1v) is 6.16. The van der Waals surface area contributed by atoms with Crippen LogP contribution in [0.15, 0.2) is 36.7 Å². The van der Waals surface area contributed by atoms with Crippen molar-refractivity contribution in [2.45, 2.75) is 32.4 Å². The van der Waals surface area contributed by atoms with Crippen molar-refractivity contribution in [3.63, 3.8) is 0 Å². The van der Waals surface area contributed by atoms with E-state index in [0.29, 0.717) is 0 Å². The summed E-state index contributed by atoms with van der Waals surface area (Å²) in [4.78, 5) is 0. The summed E-state index contributed by atoms with van der Waals surface area (Å²) < 4.78 is 1.91. The van der Waals surface area contributed by atoms with Crippen molar-refractivity contribution in [2.24, 2.45) is 0 Å². The maximum absolute atomic E-state index is 4.26. The maximum Gasteiger partial charge on any atom is 0.0674 e. The van der Waals surface area contributed by atoms with Crippen molar-refractivity contribution in [3.05, 3.63) is 47.8 Å². The highest BCUT2D eigenvalue weighted by molar-refractivity contribution is 5.42. The smallest absolute Gasteiger partial charge is 0.0674 e. The lowest BCUT2D eigenvalue weighted by atomic mass is 10.1. The van der Waals surface area contributed by atoms with E-state index in [0.717, 1.165) is 18.3 Å². The van der Waals surface area contributed by atoms with Crippen LogP contribution >= 0.6 is 0 Å². The first-order valence-electron chi connectivity index (χ1n) is 6.16. The molecule has 1 N–H and O–H groups in total. The molecule has 0 amide bonds. The molecule has 0 saturated heterocycles. The molecule has 0 aliphatic heterocycles. The van der Waals surface area contributed by atoms with E-state index in [1.165, 1.54) is 24.0 Å². The molecule has 0 unspecified atom stereocenters. The number of rotatable bonds is 4. The third kappa shape index (κ3) is 2.39. The Morgan fingerprint density at radius 2 is 2.29 bits per heavy atom. The molecule has 1 saturated carbocycles. The molecule has 1 heterocycles. The Morgan fingerprint density at radius 1 is 1.41 bits per heavy atom. The van der Waals surface area contributed by atoms with Crippen LogP contribution in [0.5, 0.6) is 0 Å². The molecule has 3 heteroatoms. The van der Waals surface area contributed by atoms with Crippen molar-refractivity contribution in [1.29, 1.82) is 0 Å². The summed E-state index contributed by atoms with van der Waals surface area (Å²) in [6, 6.07) is 9.28.